The van der Waals surface area contributed by atoms with Crippen LogP contribution in [-0.2, 0) is 4.79 Å². The number of carbonyl (C=O) groups excluding carboxylic acids is 1. The monoisotopic (exact) mass is 271 g/mol. The van der Waals surface area contributed by atoms with Crippen LogP contribution < -0.4 is 5.32 Å². The maximum atomic E-state index is 13.2. The Morgan fingerprint density at radius 2 is 1.95 bits per heavy atom. The zero-order valence-corrected chi connectivity index (χ0v) is 10.9. The van der Waals surface area contributed by atoms with Gasteiger partial charge in [-0.15, -0.1) is 0 Å². The second kappa shape index (κ2) is 5.71. The fourth-order valence-electron chi connectivity index (χ4n) is 2.48. The third-order valence-electron chi connectivity index (χ3n) is 3.70. The summed E-state index contributed by atoms with van der Waals surface area (Å²) in [4.78, 5) is 12.3. The van der Waals surface area contributed by atoms with Crippen molar-refractivity contribution in [2.24, 2.45) is 5.41 Å². The van der Waals surface area contributed by atoms with E-state index in [1.165, 1.54) is 12.1 Å². The molecule has 1 saturated carbocycles. The number of benzene rings is 1. The number of hydrogen-bond donors (Lipinski definition) is 1. The summed E-state index contributed by atoms with van der Waals surface area (Å²) >= 11 is 0. The van der Waals surface area contributed by atoms with Crippen LogP contribution in [0.25, 0.3) is 0 Å². The lowest BCUT2D eigenvalue weighted by molar-refractivity contribution is -0.124. The van der Waals surface area contributed by atoms with Crippen molar-refractivity contribution in [2.45, 2.75) is 32.1 Å². The van der Waals surface area contributed by atoms with Crippen molar-refractivity contribution in [1.82, 2.24) is 0 Å². The fraction of sp³-hybridized carbons (Fsp3) is 0.400. The minimum absolute atomic E-state index is 0.127. The van der Waals surface area contributed by atoms with Crippen molar-refractivity contribution in [3.05, 3.63) is 29.6 Å². The molecule has 1 aromatic rings. The average molecular weight is 271 g/mol. The van der Waals surface area contributed by atoms with Crippen molar-refractivity contribution in [3.8, 4) is 12.1 Å². The molecule has 0 bridgehead atoms. The number of rotatable bonds is 2. The molecule has 0 atom stereocenters. The predicted octanol–water partition coefficient (Wildman–Crippen LogP) is 3.11. The average Bonchev–Trinajstić information content (AvgIpc) is 2.49. The van der Waals surface area contributed by atoms with E-state index < -0.39 is 11.2 Å². The van der Waals surface area contributed by atoms with Crippen LogP contribution in [0.1, 0.15) is 37.7 Å². The molecule has 0 saturated heterocycles. The van der Waals surface area contributed by atoms with Gasteiger partial charge in [0.1, 0.15) is 17.3 Å². The molecule has 0 aromatic heterocycles. The largest absolute Gasteiger partial charge is 0.325 e. The Morgan fingerprint density at radius 3 is 2.55 bits per heavy atom. The first-order valence-electron chi connectivity index (χ1n) is 6.54. The number of anilines is 1. The molecule has 102 valence electrons. The summed E-state index contributed by atoms with van der Waals surface area (Å²) in [5.74, 6) is -0.992. The number of amides is 1. The second-order valence-corrected chi connectivity index (χ2v) is 5.02. The van der Waals surface area contributed by atoms with E-state index in [0.29, 0.717) is 18.5 Å². The Bertz CT molecular complexity index is 607. The normalized spacial score (nSPS) is 16.8. The molecule has 1 aromatic carbocycles. The van der Waals surface area contributed by atoms with Crippen molar-refractivity contribution in [2.75, 3.05) is 5.32 Å². The Balaban J connectivity index is 2.19. The molecular weight excluding hydrogens is 257 g/mol. The van der Waals surface area contributed by atoms with E-state index in [1.807, 2.05) is 0 Å². The van der Waals surface area contributed by atoms with Crippen LogP contribution in [0.15, 0.2) is 18.2 Å². The zero-order valence-electron chi connectivity index (χ0n) is 10.9. The molecule has 1 fully saturated rings. The molecule has 20 heavy (non-hydrogen) atoms. The van der Waals surface area contributed by atoms with Crippen molar-refractivity contribution in [3.63, 3.8) is 0 Å². The van der Waals surface area contributed by atoms with Gasteiger partial charge in [-0.2, -0.15) is 10.5 Å². The Kier molecular flexibility index (Phi) is 4.00. The van der Waals surface area contributed by atoms with Gasteiger partial charge in [0.2, 0.25) is 5.91 Å². The van der Waals surface area contributed by atoms with Gasteiger partial charge in [-0.3, -0.25) is 4.79 Å². The molecule has 4 nitrogen and oxygen atoms in total. The molecule has 0 heterocycles. The van der Waals surface area contributed by atoms with Crippen molar-refractivity contribution in [1.29, 1.82) is 10.5 Å². The highest BCUT2D eigenvalue weighted by Gasteiger charge is 2.39. The lowest BCUT2D eigenvalue weighted by atomic mass is 9.74. The first-order chi connectivity index (χ1) is 9.61. The number of hydrogen-bond acceptors (Lipinski definition) is 3. The van der Waals surface area contributed by atoms with Crippen LogP contribution in [0.5, 0.6) is 0 Å². The smallest absolute Gasteiger partial charge is 0.244 e. The number of nitrogens with one attached hydrogen (secondary N) is 1. The van der Waals surface area contributed by atoms with Gasteiger partial charge in [0.15, 0.2) is 0 Å². The molecule has 1 aliphatic carbocycles. The molecule has 5 heteroatoms. The molecule has 2 rings (SSSR count). The summed E-state index contributed by atoms with van der Waals surface area (Å²) in [5, 5.41) is 20.7. The van der Waals surface area contributed by atoms with E-state index >= 15 is 0 Å². The van der Waals surface area contributed by atoms with E-state index in [9.17, 15) is 14.4 Å². The van der Waals surface area contributed by atoms with E-state index in [1.54, 1.807) is 6.07 Å². The fourth-order valence-corrected chi connectivity index (χ4v) is 2.48. The maximum absolute atomic E-state index is 13.2. The van der Waals surface area contributed by atoms with Gasteiger partial charge in [-0.1, -0.05) is 19.3 Å². The van der Waals surface area contributed by atoms with Gasteiger partial charge in [-0.05, 0) is 31.0 Å². The van der Waals surface area contributed by atoms with Gasteiger partial charge < -0.3 is 5.32 Å². The summed E-state index contributed by atoms with van der Waals surface area (Å²) in [5.41, 5.74) is -0.787. The molecule has 0 spiro atoms. The highest BCUT2D eigenvalue weighted by molar-refractivity contribution is 5.97. The van der Waals surface area contributed by atoms with Gasteiger partial charge in [0.25, 0.3) is 0 Å². The molecule has 0 radical (unpaired) electrons. The number of halogens is 1. The number of nitriles is 2. The minimum atomic E-state index is -1.00. The van der Waals surface area contributed by atoms with E-state index in [-0.39, 0.29) is 11.5 Å². The zero-order chi connectivity index (χ0) is 14.6. The SMILES string of the molecule is N#Cc1cc(NC(=O)C2(C#N)CCCCC2)ccc1F. The first kappa shape index (κ1) is 14.0. The highest BCUT2D eigenvalue weighted by atomic mass is 19.1. The summed E-state index contributed by atoms with van der Waals surface area (Å²) in [6.45, 7) is 0. The first-order valence-corrected chi connectivity index (χ1v) is 6.54. The molecule has 1 N–H and O–H groups in total. The summed E-state index contributed by atoms with van der Waals surface area (Å²) in [6, 6.07) is 7.65. The summed E-state index contributed by atoms with van der Waals surface area (Å²) < 4.78 is 13.2. The highest BCUT2D eigenvalue weighted by Crippen LogP contribution is 2.36. The summed E-state index contributed by atoms with van der Waals surface area (Å²) in [6.07, 6.45) is 3.83. The van der Waals surface area contributed by atoms with Crippen molar-refractivity contribution >= 4 is 11.6 Å². The quantitative estimate of drug-likeness (QED) is 0.897. The number of nitrogens with zero attached hydrogens (tertiary/aromatic N) is 2. The van der Waals surface area contributed by atoms with Crippen LogP contribution in [0.2, 0.25) is 0 Å². The van der Waals surface area contributed by atoms with E-state index in [0.717, 1.165) is 25.3 Å². The van der Waals surface area contributed by atoms with Gasteiger partial charge in [0.05, 0.1) is 11.6 Å². The third kappa shape index (κ3) is 2.62. The summed E-state index contributed by atoms with van der Waals surface area (Å²) in [7, 11) is 0. The van der Waals surface area contributed by atoms with Gasteiger partial charge in [-0.25, -0.2) is 4.39 Å². The van der Waals surface area contributed by atoms with E-state index in [4.69, 9.17) is 5.26 Å². The van der Waals surface area contributed by atoms with Crippen molar-refractivity contribution < 1.29 is 9.18 Å². The third-order valence-corrected chi connectivity index (χ3v) is 3.70. The maximum Gasteiger partial charge on any atom is 0.244 e. The van der Waals surface area contributed by atoms with Crippen LogP contribution in [-0.4, -0.2) is 5.91 Å². The molecule has 0 unspecified atom stereocenters. The topological polar surface area (TPSA) is 76.7 Å². The van der Waals surface area contributed by atoms with Crippen LogP contribution >= 0.6 is 0 Å². The molecule has 1 amide bonds. The van der Waals surface area contributed by atoms with Gasteiger partial charge >= 0.3 is 0 Å². The Hall–Kier alpha value is -2.40. The lowest BCUT2D eigenvalue weighted by Crippen LogP contribution is -2.36. The molecule has 0 aliphatic heterocycles. The van der Waals surface area contributed by atoms with Crippen LogP contribution in [0.4, 0.5) is 10.1 Å². The Labute approximate surface area is 116 Å². The van der Waals surface area contributed by atoms with Crippen LogP contribution in [0.3, 0.4) is 0 Å². The second-order valence-electron chi connectivity index (χ2n) is 5.02. The lowest BCUT2D eigenvalue weighted by Gasteiger charge is -2.29. The standard InChI is InChI=1S/C15H14FN3O/c16-13-5-4-12(8-11(13)9-17)19-14(20)15(10-18)6-2-1-3-7-15/h4-5,8H,1-3,6-7H2,(H,19,20). The van der Waals surface area contributed by atoms with Crippen LogP contribution in [0, 0.1) is 33.9 Å². The molecule has 1 aliphatic rings. The minimum Gasteiger partial charge on any atom is -0.325 e. The number of carbonyl (C=O) groups is 1. The Morgan fingerprint density at radius 1 is 1.25 bits per heavy atom. The molecular formula is C15H14FN3O. The van der Waals surface area contributed by atoms with E-state index in [2.05, 4.69) is 11.4 Å². The predicted molar refractivity (Wildman–Crippen MR) is 70.9 cm³/mol. The van der Waals surface area contributed by atoms with Gasteiger partial charge in [0, 0.05) is 5.69 Å².